The Kier molecular flexibility index (Phi) is 2.51. The van der Waals surface area contributed by atoms with Gasteiger partial charge in [-0.2, -0.15) is 0 Å². The Morgan fingerprint density at radius 3 is 2.79 bits per heavy atom. The number of nitrogens with two attached hydrogens (primary N) is 1. The van der Waals surface area contributed by atoms with Gasteiger partial charge in [-0.25, -0.2) is 4.98 Å². The van der Waals surface area contributed by atoms with E-state index in [0.29, 0.717) is 5.69 Å². The average Bonchev–Trinajstić information content (AvgIpc) is 2.78. The summed E-state index contributed by atoms with van der Waals surface area (Å²) in [5.74, 6) is 0. The first kappa shape index (κ1) is 9.60. The first-order valence-corrected chi connectivity index (χ1v) is 4.44. The van der Waals surface area contributed by atoms with Gasteiger partial charge in [-0.1, -0.05) is 0 Å². The molecule has 78 valence electrons. The summed E-state index contributed by atoms with van der Waals surface area (Å²) >= 11 is 0. The highest BCUT2D eigenvalue weighted by molar-refractivity contribution is 5.07. The van der Waals surface area contributed by atoms with Gasteiger partial charge < -0.3 is 25.7 Å². The molecule has 0 spiro atoms. The lowest BCUT2D eigenvalue weighted by Crippen LogP contribution is -2.35. The van der Waals surface area contributed by atoms with Crippen molar-refractivity contribution in [2.45, 2.75) is 24.4 Å². The van der Waals surface area contributed by atoms with E-state index in [1.807, 2.05) is 0 Å². The van der Waals surface area contributed by atoms with Crippen LogP contribution in [-0.4, -0.2) is 45.0 Å². The van der Waals surface area contributed by atoms with Crippen LogP contribution in [0.25, 0.3) is 0 Å². The van der Waals surface area contributed by atoms with Gasteiger partial charge in [0.1, 0.15) is 18.3 Å². The minimum Gasteiger partial charge on any atom is -0.388 e. The number of ether oxygens (including phenoxy) is 1. The Hall–Kier alpha value is -0.950. The van der Waals surface area contributed by atoms with Gasteiger partial charge in [-0.15, -0.1) is 0 Å². The van der Waals surface area contributed by atoms with Gasteiger partial charge in [0.2, 0.25) is 0 Å². The summed E-state index contributed by atoms with van der Waals surface area (Å²) in [6.45, 7) is 0.183. The SMILES string of the molecule is NC[C@@H]1O[C@H](c2cnc[nH]2)[C@H](O)[C@H]1O. The number of nitrogens with one attached hydrogen (secondary N) is 1. The van der Waals surface area contributed by atoms with Crippen LogP contribution in [0.15, 0.2) is 12.5 Å². The number of hydrogen-bond acceptors (Lipinski definition) is 5. The van der Waals surface area contributed by atoms with E-state index in [-0.39, 0.29) is 6.54 Å². The monoisotopic (exact) mass is 199 g/mol. The molecule has 0 aromatic carbocycles. The van der Waals surface area contributed by atoms with Gasteiger partial charge in [0.15, 0.2) is 0 Å². The van der Waals surface area contributed by atoms with Crippen LogP contribution in [0.3, 0.4) is 0 Å². The fourth-order valence-electron chi connectivity index (χ4n) is 1.62. The third-order valence-corrected chi connectivity index (χ3v) is 2.42. The third kappa shape index (κ3) is 1.42. The maximum absolute atomic E-state index is 9.65. The minimum absolute atomic E-state index is 0.183. The van der Waals surface area contributed by atoms with Crippen molar-refractivity contribution >= 4 is 0 Å². The topological polar surface area (TPSA) is 104 Å². The molecule has 0 radical (unpaired) electrons. The predicted octanol–water partition coefficient (Wildman–Crippen LogP) is -1.47. The molecule has 1 aliphatic rings. The molecule has 0 unspecified atom stereocenters. The zero-order chi connectivity index (χ0) is 10.1. The summed E-state index contributed by atoms with van der Waals surface area (Å²) in [6, 6.07) is 0. The van der Waals surface area contributed by atoms with Crippen molar-refractivity contribution in [2.24, 2.45) is 5.73 Å². The van der Waals surface area contributed by atoms with Crippen molar-refractivity contribution < 1.29 is 14.9 Å². The smallest absolute Gasteiger partial charge is 0.128 e. The molecule has 0 amide bonds. The summed E-state index contributed by atoms with van der Waals surface area (Å²) in [4.78, 5) is 6.64. The lowest BCUT2D eigenvalue weighted by molar-refractivity contribution is 0.00933. The highest BCUT2D eigenvalue weighted by atomic mass is 16.5. The number of rotatable bonds is 2. The van der Waals surface area contributed by atoms with E-state index in [2.05, 4.69) is 9.97 Å². The largest absolute Gasteiger partial charge is 0.388 e. The molecule has 0 saturated carbocycles. The van der Waals surface area contributed by atoms with Crippen LogP contribution in [0.4, 0.5) is 0 Å². The van der Waals surface area contributed by atoms with Crippen molar-refractivity contribution in [2.75, 3.05) is 6.54 Å². The predicted molar refractivity (Wildman–Crippen MR) is 47.3 cm³/mol. The fraction of sp³-hybridized carbons (Fsp3) is 0.625. The maximum atomic E-state index is 9.65. The Labute approximate surface area is 80.7 Å². The fourth-order valence-corrected chi connectivity index (χ4v) is 1.62. The van der Waals surface area contributed by atoms with Crippen molar-refractivity contribution in [1.82, 2.24) is 9.97 Å². The number of aliphatic hydroxyl groups excluding tert-OH is 2. The molecule has 2 rings (SSSR count). The van der Waals surface area contributed by atoms with Crippen LogP contribution in [0.1, 0.15) is 11.8 Å². The number of aromatic amines is 1. The lowest BCUT2D eigenvalue weighted by atomic mass is 10.1. The van der Waals surface area contributed by atoms with E-state index in [1.165, 1.54) is 6.33 Å². The zero-order valence-electron chi connectivity index (χ0n) is 7.50. The summed E-state index contributed by atoms with van der Waals surface area (Å²) in [7, 11) is 0. The first-order chi connectivity index (χ1) is 6.74. The molecule has 6 nitrogen and oxygen atoms in total. The summed E-state index contributed by atoms with van der Waals surface area (Å²) in [5, 5.41) is 19.2. The van der Waals surface area contributed by atoms with Crippen LogP contribution in [0.5, 0.6) is 0 Å². The van der Waals surface area contributed by atoms with Gasteiger partial charge >= 0.3 is 0 Å². The number of H-pyrrole nitrogens is 1. The summed E-state index contributed by atoms with van der Waals surface area (Å²) in [6.07, 6.45) is 0.0734. The molecule has 0 bridgehead atoms. The van der Waals surface area contributed by atoms with Crippen molar-refractivity contribution in [3.8, 4) is 0 Å². The van der Waals surface area contributed by atoms with Gasteiger partial charge in [-0.3, -0.25) is 0 Å². The van der Waals surface area contributed by atoms with Gasteiger partial charge in [-0.05, 0) is 0 Å². The Morgan fingerprint density at radius 1 is 1.50 bits per heavy atom. The van der Waals surface area contributed by atoms with Crippen molar-refractivity contribution in [1.29, 1.82) is 0 Å². The number of aliphatic hydroxyl groups is 2. The van der Waals surface area contributed by atoms with E-state index in [4.69, 9.17) is 10.5 Å². The molecule has 1 aromatic heterocycles. The molecular formula is C8H13N3O3. The molecule has 1 saturated heterocycles. The van der Waals surface area contributed by atoms with Crippen LogP contribution < -0.4 is 5.73 Å². The van der Waals surface area contributed by atoms with Gasteiger partial charge in [0.05, 0.1) is 24.3 Å². The number of nitrogens with zero attached hydrogens (tertiary/aromatic N) is 1. The van der Waals surface area contributed by atoms with E-state index < -0.39 is 24.4 Å². The maximum Gasteiger partial charge on any atom is 0.128 e. The molecular weight excluding hydrogens is 186 g/mol. The quantitative estimate of drug-likeness (QED) is 0.465. The molecule has 1 fully saturated rings. The van der Waals surface area contributed by atoms with Crippen LogP contribution in [0.2, 0.25) is 0 Å². The van der Waals surface area contributed by atoms with Crippen molar-refractivity contribution in [3.05, 3.63) is 18.2 Å². The summed E-state index contributed by atoms with van der Waals surface area (Å²) < 4.78 is 5.38. The average molecular weight is 199 g/mol. The number of hydrogen-bond donors (Lipinski definition) is 4. The first-order valence-electron chi connectivity index (χ1n) is 4.44. The second-order valence-electron chi connectivity index (χ2n) is 3.32. The second kappa shape index (κ2) is 3.66. The highest BCUT2D eigenvalue weighted by Gasteiger charge is 2.43. The molecule has 4 atom stereocenters. The molecule has 14 heavy (non-hydrogen) atoms. The molecule has 2 heterocycles. The van der Waals surface area contributed by atoms with E-state index in [0.717, 1.165) is 0 Å². The molecule has 1 aliphatic heterocycles. The van der Waals surface area contributed by atoms with Crippen molar-refractivity contribution in [3.63, 3.8) is 0 Å². The molecule has 0 aliphatic carbocycles. The second-order valence-corrected chi connectivity index (χ2v) is 3.32. The zero-order valence-corrected chi connectivity index (χ0v) is 7.50. The number of imidazole rings is 1. The summed E-state index contributed by atoms with van der Waals surface area (Å²) in [5.41, 5.74) is 6.03. The Bertz CT molecular complexity index is 290. The molecule has 6 heteroatoms. The third-order valence-electron chi connectivity index (χ3n) is 2.42. The minimum atomic E-state index is -0.955. The van der Waals surface area contributed by atoms with Crippen LogP contribution in [-0.2, 0) is 4.74 Å². The molecule has 1 aromatic rings. The highest BCUT2D eigenvalue weighted by Crippen LogP contribution is 2.31. The Morgan fingerprint density at radius 2 is 2.29 bits per heavy atom. The van der Waals surface area contributed by atoms with Gasteiger partial charge in [0, 0.05) is 6.54 Å². The van der Waals surface area contributed by atoms with Crippen LogP contribution in [0, 0.1) is 0 Å². The number of aromatic nitrogens is 2. The lowest BCUT2D eigenvalue weighted by Gasteiger charge is -2.11. The van der Waals surface area contributed by atoms with Crippen LogP contribution >= 0.6 is 0 Å². The van der Waals surface area contributed by atoms with Gasteiger partial charge in [0.25, 0.3) is 0 Å². The normalized spacial score (nSPS) is 37.6. The Balaban J connectivity index is 2.16. The standard InChI is InChI=1S/C8H13N3O3/c9-1-5-6(12)7(13)8(14-5)4-2-10-3-11-4/h2-3,5-8,12-13H,1,9H2,(H,10,11)/t5-,6-,7+,8+/m0/s1. The van der Waals surface area contributed by atoms with E-state index >= 15 is 0 Å². The van der Waals surface area contributed by atoms with E-state index in [9.17, 15) is 10.2 Å². The molecule has 5 N–H and O–H groups in total. The van der Waals surface area contributed by atoms with E-state index in [1.54, 1.807) is 6.20 Å².